The molecular formula is C16H24O4. The minimum atomic E-state index is -0.905. The van der Waals surface area contributed by atoms with Gasteiger partial charge in [-0.05, 0) is 18.8 Å². The molecule has 0 aromatic rings. The summed E-state index contributed by atoms with van der Waals surface area (Å²) in [6, 6.07) is 0. The van der Waals surface area contributed by atoms with Crippen LogP contribution in [0.2, 0.25) is 0 Å². The monoisotopic (exact) mass is 280 g/mol. The van der Waals surface area contributed by atoms with Gasteiger partial charge in [-0.3, -0.25) is 9.59 Å². The second-order valence-electron chi connectivity index (χ2n) is 6.58. The van der Waals surface area contributed by atoms with Crippen molar-refractivity contribution in [3.05, 3.63) is 0 Å². The van der Waals surface area contributed by atoms with E-state index < -0.39 is 5.79 Å². The van der Waals surface area contributed by atoms with Gasteiger partial charge in [-0.1, -0.05) is 38.5 Å². The maximum Gasteiger partial charge on any atom is 0.312 e. The summed E-state index contributed by atoms with van der Waals surface area (Å²) in [6.07, 6.45) is 11.4. The maximum atomic E-state index is 12.2. The number of carbonyl (C=O) groups is 2. The predicted molar refractivity (Wildman–Crippen MR) is 72.7 cm³/mol. The summed E-state index contributed by atoms with van der Waals surface area (Å²) in [5.41, 5.74) is 0. The fourth-order valence-corrected chi connectivity index (χ4v) is 3.96. The van der Waals surface area contributed by atoms with Crippen LogP contribution in [0.4, 0.5) is 0 Å². The summed E-state index contributed by atoms with van der Waals surface area (Å²) < 4.78 is 10.8. The zero-order valence-electron chi connectivity index (χ0n) is 12.1. The van der Waals surface area contributed by atoms with Gasteiger partial charge in [-0.15, -0.1) is 0 Å². The van der Waals surface area contributed by atoms with E-state index in [1.165, 1.54) is 38.5 Å². The molecule has 1 aliphatic carbocycles. The van der Waals surface area contributed by atoms with Crippen LogP contribution in [0, 0.1) is 11.8 Å². The average molecular weight is 280 g/mol. The van der Waals surface area contributed by atoms with Crippen LogP contribution >= 0.6 is 0 Å². The number of ether oxygens (including phenoxy) is 2. The van der Waals surface area contributed by atoms with Crippen LogP contribution < -0.4 is 0 Å². The van der Waals surface area contributed by atoms with E-state index >= 15 is 0 Å². The predicted octanol–water partition coefficient (Wildman–Crippen LogP) is 3.33. The lowest BCUT2D eigenvalue weighted by molar-refractivity contribution is -0.197. The lowest BCUT2D eigenvalue weighted by atomic mass is 9.82. The highest BCUT2D eigenvalue weighted by atomic mass is 16.7. The molecule has 3 aliphatic rings. The van der Waals surface area contributed by atoms with E-state index in [4.69, 9.17) is 9.47 Å². The first-order valence-corrected chi connectivity index (χ1v) is 8.13. The summed E-state index contributed by atoms with van der Waals surface area (Å²) in [4.78, 5) is 23.5. The summed E-state index contributed by atoms with van der Waals surface area (Å²) in [5, 5.41) is 0. The molecule has 112 valence electrons. The smallest absolute Gasteiger partial charge is 0.312 e. The Kier molecular flexibility index (Phi) is 3.99. The highest BCUT2D eigenvalue weighted by molar-refractivity contribution is 5.78. The first-order valence-electron chi connectivity index (χ1n) is 8.13. The standard InChI is InChI=1S/C16H24O4/c17-14-9-10-16(19-14)11-13(15(18)20-16)12-7-5-3-1-2-4-6-8-12/h12-13H,1-11H2. The first-order chi connectivity index (χ1) is 9.69. The molecule has 2 atom stereocenters. The van der Waals surface area contributed by atoms with Crippen molar-refractivity contribution < 1.29 is 19.1 Å². The lowest BCUT2D eigenvalue weighted by Crippen LogP contribution is -2.27. The SMILES string of the molecule is O=C1CCC2(CC(C3CCCCCCCC3)C(=O)O2)O1. The second kappa shape index (κ2) is 5.74. The van der Waals surface area contributed by atoms with Gasteiger partial charge in [0.1, 0.15) is 0 Å². The molecule has 0 N–H and O–H groups in total. The van der Waals surface area contributed by atoms with Gasteiger partial charge in [0.15, 0.2) is 0 Å². The van der Waals surface area contributed by atoms with Gasteiger partial charge in [0.2, 0.25) is 0 Å². The molecule has 2 unspecified atom stereocenters. The Morgan fingerprint density at radius 3 is 2.15 bits per heavy atom. The molecule has 4 nitrogen and oxygen atoms in total. The molecule has 4 heteroatoms. The van der Waals surface area contributed by atoms with E-state index in [1.807, 2.05) is 0 Å². The van der Waals surface area contributed by atoms with Crippen LogP contribution in [0.3, 0.4) is 0 Å². The Morgan fingerprint density at radius 1 is 0.900 bits per heavy atom. The van der Waals surface area contributed by atoms with Crippen molar-refractivity contribution in [3.63, 3.8) is 0 Å². The molecule has 2 saturated heterocycles. The fourth-order valence-electron chi connectivity index (χ4n) is 3.96. The van der Waals surface area contributed by atoms with Crippen LogP contribution in [0.15, 0.2) is 0 Å². The van der Waals surface area contributed by atoms with E-state index in [0.717, 1.165) is 12.8 Å². The Balaban J connectivity index is 1.66. The van der Waals surface area contributed by atoms with Gasteiger partial charge >= 0.3 is 11.9 Å². The topological polar surface area (TPSA) is 52.6 Å². The van der Waals surface area contributed by atoms with Crippen molar-refractivity contribution in [1.29, 1.82) is 0 Å². The van der Waals surface area contributed by atoms with E-state index in [-0.39, 0.29) is 17.9 Å². The van der Waals surface area contributed by atoms with Crippen LogP contribution in [0.5, 0.6) is 0 Å². The van der Waals surface area contributed by atoms with Crippen LogP contribution in [-0.2, 0) is 19.1 Å². The molecule has 0 aromatic heterocycles. The molecular weight excluding hydrogens is 256 g/mol. The van der Waals surface area contributed by atoms with Crippen molar-refractivity contribution in [1.82, 2.24) is 0 Å². The molecule has 0 bridgehead atoms. The van der Waals surface area contributed by atoms with Crippen molar-refractivity contribution in [2.24, 2.45) is 11.8 Å². The van der Waals surface area contributed by atoms with Crippen LogP contribution in [0.1, 0.15) is 70.6 Å². The zero-order chi connectivity index (χ0) is 14.0. The lowest BCUT2D eigenvalue weighted by Gasteiger charge is -2.21. The Bertz CT molecular complexity index is 382. The highest BCUT2D eigenvalue weighted by Gasteiger charge is 2.54. The number of rotatable bonds is 1. The van der Waals surface area contributed by atoms with Gasteiger partial charge in [-0.25, -0.2) is 0 Å². The minimum absolute atomic E-state index is 0.0565. The Hall–Kier alpha value is -1.06. The highest BCUT2D eigenvalue weighted by Crippen LogP contribution is 2.45. The molecule has 2 aliphatic heterocycles. The summed E-state index contributed by atoms with van der Waals surface area (Å²) in [5.74, 6) is -0.910. The van der Waals surface area contributed by atoms with E-state index in [2.05, 4.69) is 0 Å². The average Bonchev–Trinajstić information content (AvgIpc) is 2.96. The van der Waals surface area contributed by atoms with Crippen molar-refractivity contribution >= 4 is 11.9 Å². The van der Waals surface area contributed by atoms with Gasteiger partial charge in [-0.2, -0.15) is 0 Å². The third-order valence-electron chi connectivity index (χ3n) is 5.10. The van der Waals surface area contributed by atoms with E-state index in [1.54, 1.807) is 0 Å². The van der Waals surface area contributed by atoms with Crippen LogP contribution in [0.25, 0.3) is 0 Å². The molecule has 0 radical (unpaired) electrons. The zero-order valence-corrected chi connectivity index (χ0v) is 12.1. The maximum absolute atomic E-state index is 12.2. The van der Waals surface area contributed by atoms with Crippen molar-refractivity contribution in [2.45, 2.75) is 76.4 Å². The number of hydrogen-bond acceptors (Lipinski definition) is 4. The van der Waals surface area contributed by atoms with Crippen molar-refractivity contribution in [2.75, 3.05) is 0 Å². The number of carbonyl (C=O) groups excluding carboxylic acids is 2. The summed E-state index contributed by atoms with van der Waals surface area (Å²) in [7, 11) is 0. The van der Waals surface area contributed by atoms with Crippen LogP contribution in [-0.4, -0.2) is 17.7 Å². The molecule has 1 spiro atoms. The molecule has 2 heterocycles. The normalized spacial score (nSPS) is 36.3. The molecule has 3 fully saturated rings. The summed E-state index contributed by atoms with van der Waals surface area (Å²) in [6.45, 7) is 0. The second-order valence-corrected chi connectivity index (χ2v) is 6.58. The van der Waals surface area contributed by atoms with Gasteiger partial charge in [0.05, 0.1) is 12.3 Å². The quantitative estimate of drug-likeness (QED) is 0.691. The molecule has 1 saturated carbocycles. The van der Waals surface area contributed by atoms with E-state index in [9.17, 15) is 9.59 Å². The number of hydrogen-bond donors (Lipinski definition) is 0. The van der Waals surface area contributed by atoms with Gasteiger partial charge in [0.25, 0.3) is 5.79 Å². The minimum Gasteiger partial charge on any atom is -0.422 e. The molecule has 20 heavy (non-hydrogen) atoms. The molecule has 0 amide bonds. The Morgan fingerprint density at radius 2 is 1.55 bits per heavy atom. The summed E-state index contributed by atoms with van der Waals surface area (Å²) >= 11 is 0. The first kappa shape index (κ1) is 13.9. The van der Waals surface area contributed by atoms with Crippen molar-refractivity contribution in [3.8, 4) is 0 Å². The van der Waals surface area contributed by atoms with Gasteiger partial charge in [0, 0.05) is 12.8 Å². The third kappa shape index (κ3) is 2.84. The van der Waals surface area contributed by atoms with E-state index in [0.29, 0.717) is 25.2 Å². The Labute approximate surface area is 120 Å². The molecule has 0 aromatic carbocycles. The number of esters is 2. The third-order valence-corrected chi connectivity index (χ3v) is 5.10. The fraction of sp³-hybridized carbons (Fsp3) is 0.875. The largest absolute Gasteiger partial charge is 0.422 e. The van der Waals surface area contributed by atoms with Gasteiger partial charge < -0.3 is 9.47 Å². The molecule has 3 rings (SSSR count).